The van der Waals surface area contributed by atoms with Crippen LogP contribution in [0.1, 0.15) is 49.3 Å². The van der Waals surface area contributed by atoms with Gasteiger partial charge in [0.05, 0.1) is 5.92 Å². The highest BCUT2D eigenvalue weighted by molar-refractivity contribution is 6.31. The summed E-state index contributed by atoms with van der Waals surface area (Å²) >= 11 is 6.37. The molecule has 0 radical (unpaired) electrons. The van der Waals surface area contributed by atoms with E-state index in [0.29, 0.717) is 18.7 Å². The van der Waals surface area contributed by atoms with Gasteiger partial charge in [0.15, 0.2) is 0 Å². The van der Waals surface area contributed by atoms with Crippen molar-refractivity contribution in [1.29, 1.82) is 0 Å². The summed E-state index contributed by atoms with van der Waals surface area (Å²) in [5.41, 5.74) is 2.80. The summed E-state index contributed by atoms with van der Waals surface area (Å²) in [6.07, 6.45) is 1.68. The molecule has 2 aromatic rings. The van der Waals surface area contributed by atoms with Crippen molar-refractivity contribution in [2.24, 2.45) is 5.92 Å². The molecule has 2 aromatic carbocycles. The molecular formula is C24H30ClFN2O. The van der Waals surface area contributed by atoms with Crippen molar-refractivity contribution in [2.75, 3.05) is 13.1 Å². The molecule has 0 aromatic heterocycles. The summed E-state index contributed by atoms with van der Waals surface area (Å²) < 4.78 is 13.8. The van der Waals surface area contributed by atoms with Crippen LogP contribution < -0.4 is 5.32 Å². The molecular weight excluding hydrogens is 387 g/mol. The highest BCUT2D eigenvalue weighted by atomic mass is 35.5. The first-order chi connectivity index (χ1) is 13.9. The highest BCUT2D eigenvalue weighted by Crippen LogP contribution is 2.33. The number of hydrogen-bond acceptors (Lipinski definition) is 2. The Kier molecular flexibility index (Phi) is 7.31. The quantitative estimate of drug-likeness (QED) is 0.692. The van der Waals surface area contributed by atoms with Crippen LogP contribution in [-0.4, -0.2) is 29.9 Å². The van der Waals surface area contributed by atoms with Crippen LogP contribution in [0.25, 0.3) is 0 Å². The van der Waals surface area contributed by atoms with Crippen LogP contribution in [-0.2, 0) is 11.3 Å². The van der Waals surface area contributed by atoms with Crippen molar-refractivity contribution in [3.8, 4) is 0 Å². The van der Waals surface area contributed by atoms with Crippen LogP contribution >= 0.6 is 11.6 Å². The van der Waals surface area contributed by atoms with Gasteiger partial charge in [0.25, 0.3) is 0 Å². The maximum absolute atomic E-state index is 13.8. The topological polar surface area (TPSA) is 32.3 Å². The number of rotatable bonds is 6. The molecule has 1 aliphatic rings. The number of halogens is 2. The summed E-state index contributed by atoms with van der Waals surface area (Å²) in [5, 5.41) is 3.88. The van der Waals surface area contributed by atoms with Crippen molar-refractivity contribution in [1.82, 2.24) is 10.2 Å². The van der Waals surface area contributed by atoms with Gasteiger partial charge in [-0.15, -0.1) is 0 Å². The fraction of sp³-hybridized carbons (Fsp3) is 0.458. The van der Waals surface area contributed by atoms with Gasteiger partial charge in [0, 0.05) is 30.7 Å². The molecule has 1 aliphatic heterocycles. The molecule has 0 spiro atoms. The Labute approximate surface area is 178 Å². The Morgan fingerprint density at radius 2 is 2.03 bits per heavy atom. The number of hydrogen-bond donors (Lipinski definition) is 1. The predicted molar refractivity (Wildman–Crippen MR) is 117 cm³/mol. The minimum atomic E-state index is -0.191. The molecule has 5 heteroatoms. The van der Waals surface area contributed by atoms with Crippen molar-refractivity contribution < 1.29 is 9.18 Å². The minimum absolute atomic E-state index is 0.101. The van der Waals surface area contributed by atoms with Crippen LogP contribution in [0, 0.1) is 18.7 Å². The molecule has 3 atom stereocenters. The van der Waals surface area contributed by atoms with Gasteiger partial charge < -0.3 is 5.32 Å². The number of carbonyl (C=O) groups is 1. The van der Waals surface area contributed by atoms with Crippen molar-refractivity contribution in [3.05, 3.63) is 70.0 Å². The third kappa shape index (κ3) is 5.58. The van der Waals surface area contributed by atoms with Crippen molar-refractivity contribution >= 4 is 17.5 Å². The average Bonchev–Trinajstić information content (AvgIpc) is 2.71. The number of aryl methyl sites for hydroxylation is 1. The maximum atomic E-state index is 13.8. The lowest BCUT2D eigenvalue weighted by molar-refractivity contribution is -0.127. The average molecular weight is 417 g/mol. The van der Waals surface area contributed by atoms with Gasteiger partial charge >= 0.3 is 0 Å². The van der Waals surface area contributed by atoms with Crippen LogP contribution in [0.5, 0.6) is 0 Å². The number of piperidine rings is 1. The van der Waals surface area contributed by atoms with E-state index in [0.717, 1.165) is 35.5 Å². The van der Waals surface area contributed by atoms with E-state index < -0.39 is 0 Å². The molecule has 0 bridgehead atoms. The standard InChI is InChI=1S/C24H30ClFN2O/c1-4-17(3)27-24(29)21-12-20(18-9-10-23(26)16(2)11-18)14-28(15-21)13-19-7-5-6-8-22(19)25/h5-11,17,20-21H,4,12-15H2,1-3H3,(H,27,29)/t17-,20+,21-/m1/s1. The van der Waals surface area contributed by atoms with E-state index in [1.165, 1.54) is 6.07 Å². The first-order valence-corrected chi connectivity index (χ1v) is 10.8. The van der Waals surface area contributed by atoms with Crippen LogP contribution in [0.3, 0.4) is 0 Å². The normalized spacial score (nSPS) is 21.0. The number of nitrogens with zero attached hydrogens (tertiary/aromatic N) is 1. The number of likely N-dealkylation sites (tertiary alicyclic amines) is 1. The van der Waals surface area contributed by atoms with E-state index in [2.05, 4.69) is 17.1 Å². The zero-order valence-corrected chi connectivity index (χ0v) is 18.2. The lowest BCUT2D eigenvalue weighted by Crippen LogP contribution is -2.47. The molecule has 1 N–H and O–H groups in total. The molecule has 3 rings (SSSR count). The zero-order chi connectivity index (χ0) is 21.0. The Morgan fingerprint density at radius 1 is 1.28 bits per heavy atom. The van der Waals surface area contributed by atoms with Gasteiger partial charge in [-0.05, 0) is 61.4 Å². The Morgan fingerprint density at radius 3 is 2.72 bits per heavy atom. The van der Waals surface area contributed by atoms with Crippen LogP contribution in [0.4, 0.5) is 4.39 Å². The molecule has 3 nitrogen and oxygen atoms in total. The fourth-order valence-electron chi connectivity index (χ4n) is 4.00. The van der Waals surface area contributed by atoms with E-state index in [4.69, 9.17) is 11.6 Å². The van der Waals surface area contributed by atoms with Crippen molar-refractivity contribution in [2.45, 2.75) is 52.1 Å². The van der Waals surface area contributed by atoms with E-state index in [1.54, 1.807) is 6.92 Å². The van der Waals surface area contributed by atoms with Gasteiger partial charge in [0.1, 0.15) is 5.82 Å². The molecule has 1 saturated heterocycles. The Balaban J connectivity index is 1.83. The largest absolute Gasteiger partial charge is 0.353 e. The maximum Gasteiger partial charge on any atom is 0.224 e. The fourth-order valence-corrected chi connectivity index (χ4v) is 4.20. The molecule has 1 heterocycles. The highest BCUT2D eigenvalue weighted by Gasteiger charge is 2.33. The molecule has 29 heavy (non-hydrogen) atoms. The van der Waals surface area contributed by atoms with E-state index in [-0.39, 0.29) is 29.6 Å². The second-order valence-corrected chi connectivity index (χ2v) is 8.65. The number of carbonyl (C=O) groups excluding carboxylic acids is 1. The van der Waals surface area contributed by atoms with Crippen molar-refractivity contribution in [3.63, 3.8) is 0 Å². The molecule has 0 aliphatic carbocycles. The smallest absolute Gasteiger partial charge is 0.224 e. The molecule has 1 fully saturated rings. The monoisotopic (exact) mass is 416 g/mol. The number of amides is 1. The molecule has 156 valence electrons. The summed E-state index contributed by atoms with van der Waals surface area (Å²) in [7, 11) is 0. The summed E-state index contributed by atoms with van der Waals surface area (Å²) in [5.74, 6) is -0.00981. The first-order valence-electron chi connectivity index (χ1n) is 10.4. The Hall–Kier alpha value is -1.91. The number of nitrogens with one attached hydrogen (secondary N) is 1. The van der Waals surface area contributed by atoms with Gasteiger partial charge in [-0.25, -0.2) is 4.39 Å². The van der Waals surface area contributed by atoms with Gasteiger partial charge in [-0.1, -0.05) is 48.9 Å². The summed E-state index contributed by atoms with van der Waals surface area (Å²) in [4.78, 5) is 15.2. The lowest BCUT2D eigenvalue weighted by atomic mass is 9.83. The van der Waals surface area contributed by atoms with Gasteiger partial charge in [0.2, 0.25) is 5.91 Å². The van der Waals surface area contributed by atoms with Crippen LogP contribution in [0.15, 0.2) is 42.5 Å². The van der Waals surface area contributed by atoms with E-state index in [1.807, 2.05) is 43.3 Å². The Bertz CT molecular complexity index is 857. The molecule has 0 saturated carbocycles. The van der Waals surface area contributed by atoms with Gasteiger partial charge in [-0.3, -0.25) is 9.69 Å². The lowest BCUT2D eigenvalue weighted by Gasteiger charge is -2.38. The number of benzene rings is 2. The second-order valence-electron chi connectivity index (χ2n) is 8.24. The molecule has 0 unspecified atom stereocenters. The summed E-state index contributed by atoms with van der Waals surface area (Å²) in [6.45, 7) is 8.11. The van der Waals surface area contributed by atoms with Gasteiger partial charge in [-0.2, -0.15) is 0 Å². The van der Waals surface area contributed by atoms with E-state index >= 15 is 0 Å². The first kappa shape index (κ1) is 21.8. The zero-order valence-electron chi connectivity index (χ0n) is 17.4. The van der Waals surface area contributed by atoms with E-state index in [9.17, 15) is 9.18 Å². The predicted octanol–water partition coefficient (Wildman–Crippen LogP) is 5.31. The SMILES string of the molecule is CC[C@@H](C)NC(=O)[C@@H]1C[C@H](c2ccc(F)c(C)c2)CN(Cc2ccccc2Cl)C1. The summed E-state index contributed by atoms with van der Waals surface area (Å²) in [6, 6.07) is 13.3. The minimum Gasteiger partial charge on any atom is -0.353 e. The molecule has 1 amide bonds. The second kappa shape index (κ2) is 9.73. The van der Waals surface area contributed by atoms with Crippen LogP contribution in [0.2, 0.25) is 5.02 Å². The third-order valence-corrected chi connectivity index (χ3v) is 6.27. The third-order valence-electron chi connectivity index (χ3n) is 5.90.